The van der Waals surface area contributed by atoms with Crippen LogP contribution in [0.1, 0.15) is 31.2 Å². The molecule has 0 aliphatic heterocycles. The third-order valence-corrected chi connectivity index (χ3v) is 6.58. The smallest absolute Gasteiger partial charge is 0.408 e. The maximum Gasteiger partial charge on any atom is 0.429 e. The van der Waals surface area contributed by atoms with Gasteiger partial charge in [0, 0.05) is 29.9 Å². The van der Waals surface area contributed by atoms with E-state index in [1.165, 1.54) is 6.07 Å². The van der Waals surface area contributed by atoms with E-state index < -0.39 is 17.4 Å². The third kappa shape index (κ3) is 6.02. The number of hydrogen-bond donors (Lipinski definition) is 1. The molecule has 1 unspecified atom stereocenters. The number of benzene rings is 3. The van der Waals surface area contributed by atoms with Gasteiger partial charge in [-0.05, 0) is 36.2 Å². The van der Waals surface area contributed by atoms with Crippen LogP contribution in [0, 0.1) is 0 Å². The van der Waals surface area contributed by atoms with Crippen LogP contribution in [0.15, 0.2) is 85.1 Å². The zero-order chi connectivity index (χ0) is 25.7. The van der Waals surface area contributed by atoms with Crippen LogP contribution in [0.2, 0.25) is 5.02 Å². The fourth-order valence-corrected chi connectivity index (χ4v) is 4.30. The van der Waals surface area contributed by atoms with Crippen LogP contribution in [0.5, 0.6) is 5.75 Å². The first-order valence-electron chi connectivity index (χ1n) is 11.4. The van der Waals surface area contributed by atoms with Gasteiger partial charge in [-0.2, -0.15) is 0 Å². The fourth-order valence-electron chi connectivity index (χ4n) is 3.72. The molecule has 0 aliphatic rings. The molecule has 0 radical (unpaired) electrons. The van der Waals surface area contributed by atoms with Crippen LogP contribution in [0.4, 0.5) is 4.79 Å². The lowest BCUT2D eigenvalue weighted by atomic mass is 10.1. The number of amides is 1. The van der Waals surface area contributed by atoms with E-state index in [4.69, 9.17) is 21.3 Å². The molecule has 0 bridgehead atoms. The molecule has 0 aliphatic carbocycles. The molecule has 3 aromatic carbocycles. The Morgan fingerprint density at radius 2 is 1.72 bits per heavy atom. The minimum atomic E-state index is -2.54. The van der Waals surface area contributed by atoms with Crippen molar-refractivity contribution in [3.63, 3.8) is 0 Å². The number of halogens is 1. The highest BCUT2D eigenvalue weighted by Gasteiger charge is 2.22. The summed E-state index contributed by atoms with van der Waals surface area (Å²) in [5, 5.41) is 0.237. The normalized spacial score (nSPS) is 11.9. The van der Waals surface area contributed by atoms with Crippen molar-refractivity contribution >= 4 is 29.0 Å². The van der Waals surface area contributed by atoms with E-state index in [0.717, 1.165) is 32.6 Å². The van der Waals surface area contributed by atoms with Crippen molar-refractivity contribution in [1.29, 1.82) is 0 Å². The number of hydrogen-bond acceptors (Lipinski definition) is 4. The first-order chi connectivity index (χ1) is 17.3. The van der Waals surface area contributed by atoms with E-state index in [1.807, 2.05) is 60.8 Å². The molecular weight excluding hydrogens is 498 g/mol. The van der Waals surface area contributed by atoms with Crippen molar-refractivity contribution in [2.75, 3.05) is 6.54 Å². The van der Waals surface area contributed by atoms with Crippen molar-refractivity contribution in [3.05, 3.63) is 101 Å². The summed E-state index contributed by atoms with van der Waals surface area (Å²) < 4.78 is 29.4. The van der Waals surface area contributed by atoms with Gasteiger partial charge in [0.1, 0.15) is 5.82 Å². The fraction of sp³-hybridized carbons (Fsp3) is 0.185. The molecule has 0 saturated carbocycles. The summed E-state index contributed by atoms with van der Waals surface area (Å²) in [4.78, 5) is 17.3. The van der Waals surface area contributed by atoms with E-state index in [0.29, 0.717) is 6.42 Å². The number of carbonyl (C=O) groups is 1. The molecule has 1 N–H and O–H groups in total. The number of aromatic nitrogens is 2. The lowest BCUT2D eigenvalue weighted by molar-refractivity contribution is 0.178. The molecule has 0 fully saturated rings. The SMILES string of the molecule is CC(C)c1nc(-c2ccccc2)cn1-c1ccc(CCN(C(=O)Oc2ccccc2Cl)S(=O)O)cc1. The Morgan fingerprint density at radius 1 is 1.06 bits per heavy atom. The molecular formula is C27H26ClN3O4S. The second-order valence-corrected chi connectivity index (χ2v) is 9.73. The van der Waals surface area contributed by atoms with Crippen LogP contribution in [0.25, 0.3) is 16.9 Å². The van der Waals surface area contributed by atoms with Crippen LogP contribution in [-0.4, -0.2) is 35.3 Å². The molecule has 9 heteroatoms. The molecule has 1 amide bonds. The van der Waals surface area contributed by atoms with Gasteiger partial charge >= 0.3 is 6.09 Å². The first kappa shape index (κ1) is 25.6. The van der Waals surface area contributed by atoms with Gasteiger partial charge in [-0.25, -0.2) is 18.3 Å². The Hall–Kier alpha value is -3.46. The quantitative estimate of drug-likeness (QED) is 0.267. The van der Waals surface area contributed by atoms with Crippen LogP contribution in [0.3, 0.4) is 0 Å². The van der Waals surface area contributed by atoms with Gasteiger partial charge in [-0.15, -0.1) is 0 Å². The highest BCUT2D eigenvalue weighted by Crippen LogP contribution is 2.26. The average Bonchev–Trinajstić information content (AvgIpc) is 3.32. The van der Waals surface area contributed by atoms with E-state index in [-0.39, 0.29) is 23.2 Å². The molecule has 4 rings (SSSR count). The molecule has 1 heterocycles. The molecule has 1 aromatic heterocycles. The van der Waals surface area contributed by atoms with Gasteiger partial charge < -0.3 is 9.30 Å². The summed E-state index contributed by atoms with van der Waals surface area (Å²) in [6.07, 6.45) is 1.44. The monoisotopic (exact) mass is 523 g/mol. The second kappa shape index (κ2) is 11.5. The third-order valence-electron chi connectivity index (χ3n) is 5.56. The second-order valence-electron chi connectivity index (χ2n) is 8.42. The summed E-state index contributed by atoms with van der Waals surface area (Å²) >= 11 is 3.48. The molecule has 186 valence electrons. The van der Waals surface area contributed by atoms with Gasteiger partial charge in [0.2, 0.25) is 0 Å². The Balaban J connectivity index is 1.48. The predicted octanol–water partition coefficient (Wildman–Crippen LogP) is 6.50. The maximum absolute atomic E-state index is 12.5. The van der Waals surface area contributed by atoms with Crippen molar-refractivity contribution in [2.24, 2.45) is 0 Å². The Labute approximate surface area is 217 Å². The van der Waals surface area contributed by atoms with Crippen molar-refractivity contribution in [2.45, 2.75) is 26.2 Å². The first-order valence-corrected chi connectivity index (χ1v) is 12.9. The van der Waals surface area contributed by atoms with E-state index in [1.54, 1.807) is 18.2 Å². The highest BCUT2D eigenvalue weighted by molar-refractivity contribution is 7.77. The van der Waals surface area contributed by atoms with Crippen LogP contribution >= 0.6 is 11.6 Å². The Bertz CT molecular complexity index is 1360. The van der Waals surface area contributed by atoms with Crippen LogP contribution < -0.4 is 4.74 Å². The number of ether oxygens (including phenoxy) is 1. The number of imidazole rings is 1. The molecule has 1 atom stereocenters. The molecule has 7 nitrogen and oxygen atoms in total. The molecule has 36 heavy (non-hydrogen) atoms. The summed E-state index contributed by atoms with van der Waals surface area (Å²) in [7, 11) is 0. The summed E-state index contributed by atoms with van der Waals surface area (Å²) in [6, 6.07) is 24.3. The largest absolute Gasteiger partial charge is 0.429 e. The summed E-state index contributed by atoms with van der Waals surface area (Å²) in [5.74, 6) is 1.30. The minimum Gasteiger partial charge on any atom is -0.408 e. The molecule has 0 saturated heterocycles. The van der Waals surface area contributed by atoms with Gasteiger partial charge in [0.15, 0.2) is 5.75 Å². The number of rotatable bonds is 8. The summed E-state index contributed by atoms with van der Waals surface area (Å²) in [5.41, 5.74) is 3.81. The summed E-state index contributed by atoms with van der Waals surface area (Å²) in [6.45, 7) is 4.20. The topological polar surface area (TPSA) is 84.7 Å². The maximum atomic E-state index is 12.5. The van der Waals surface area contributed by atoms with Crippen molar-refractivity contribution in [1.82, 2.24) is 13.9 Å². The lowest BCUT2D eigenvalue weighted by Crippen LogP contribution is -2.36. The minimum absolute atomic E-state index is 0.00772. The Kier molecular flexibility index (Phi) is 8.20. The zero-order valence-corrected chi connectivity index (χ0v) is 21.4. The van der Waals surface area contributed by atoms with E-state index in [2.05, 4.69) is 18.4 Å². The highest BCUT2D eigenvalue weighted by atomic mass is 35.5. The van der Waals surface area contributed by atoms with Crippen molar-refractivity contribution < 1.29 is 18.3 Å². The number of para-hydroxylation sites is 1. The number of carbonyl (C=O) groups excluding carboxylic acids is 1. The van der Waals surface area contributed by atoms with E-state index >= 15 is 0 Å². The number of nitrogens with zero attached hydrogens (tertiary/aromatic N) is 3. The van der Waals surface area contributed by atoms with Gasteiger partial charge in [0.05, 0.1) is 10.7 Å². The van der Waals surface area contributed by atoms with Gasteiger partial charge in [0.25, 0.3) is 11.3 Å². The van der Waals surface area contributed by atoms with E-state index in [9.17, 15) is 13.6 Å². The van der Waals surface area contributed by atoms with Gasteiger partial charge in [-0.1, -0.05) is 80.0 Å². The van der Waals surface area contributed by atoms with Crippen LogP contribution in [-0.2, 0) is 17.7 Å². The molecule has 0 spiro atoms. The zero-order valence-electron chi connectivity index (χ0n) is 19.9. The average molecular weight is 524 g/mol. The predicted molar refractivity (Wildman–Crippen MR) is 142 cm³/mol. The van der Waals surface area contributed by atoms with Crippen molar-refractivity contribution in [3.8, 4) is 22.7 Å². The van der Waals surface area contributed by atoms with Gasteiger partial charge in [-0.3, -0.25) is 4.55 Å². The lowest BCUT2D eigenvalue weighted by Gasteiger charge is -2.18. The molecule has 4 aromatic rings. The standard InChI is InChI=1S/C27H26ClN3O4S/c1-19(2)26-29-24(21-8-4-3-5-9-21)18-30(26)22-14-12-20(13-15-22)16-17-31(36(33)34)27(32)35-25-11-7-6-10-23(25)28/h3-15,18-19H,16-17H2,1-2H3,(H,33,34). The Morgan fingerprint density at radius 3 is 2.36 bits per heavy atom.